The van der Waals surface area contributed by atoms with E-state index in [9.17, 15) is 0 Å². The smallest absolute Gasteiger partial charge is 0.0235 e. The van der Waals surface area contributed by atoms with Crippen LogP contribution in [0.4, 0.5) is 0 Å². The van der Waals surface area contributed by atoms with Gasteiger partial charge in [-0.15, -0.1) is 0 Å². The van der Waals surface area contributed by atoms with Crippen LogP contribution in [0.1, 0.15) is 32.1 Å². The van der Waals surface area contributed by atoms with Gasteiger partial charge in [0.25, 0.3) is 0 Å². The van der Waals surface area contributed by atoms with Gasteiger partial charge in [-0.2, -0.15) is 11.8 Å². The Kier molecular flexibility index (Phi) is 4.50. The van der Waals surface area contributed by atoms with Gasteiger partial charge < -0.3 is 5.73 Å². The Balaban J connectivity index is 1.48. The minimum atomic E-state index is 0.466. The highest BCUT2D eigenvalue weighted by Gasteiger charge is 2.33. The van der Waals surface area contributed by atoms with Gasteiger partial charge in [-0.25, -0.2) is 0 Å². The topological polar surface area (TPSA) is 32.5 Å². The number of thioether (sulfide) groups is 1. The van der Waals surface area contributed by atoms with E-state index in [1.54, 1.807) is 0 Å². The van der Waals surface area contributed by atoms with Gasteiger partial charge in [-0.05, 0) is 50.9 Å². The Morgan fingerprint density at radius 1 is 0.889 bits per heavy atom. The van der Waals surface area contributed by atoms with Crippen molar-refractivity contribution in [1.29, 1.82) is 0 Å². The van der Waals surface area contributed by atoms with Crippen molar-refractivity contribution >= 4 is 11.8 Å². The molecule has 0 aromatic rings. The molecule has 0 radical (unpaired) electrons. The standard InChI is InChI=1S/C14H27N3S/c15-12-3-6-16(7-4-12)13-5-8-17(10-13)14-2-1-9-18-11-14/h12-14H,1-11,15H2. The van der Waals surface area contributed by atoms with Crippen LogP contribution in [0.3, 0.4) is 0 Å². The molecule has 3 saturated heterocycles. The summed E-state index contributed by atoms with van der Waals surface area (Å²) >= 11 is 2.16. The summed E-state index contributed by atoms with van der Waals surface area (Å²) in [5.74, 6) is 2.76. The zero-order chi connectivity index (χ0) is 12.4. The Morgan fingerprint density at radius 3 is 2.39 bits per heavy atom. The average molecular weight is 269 g/mol. The quantitative estimate of drug-likeness (QED) is 0.821. The molecule has 3 aliphatic rings. The van der Waals surface area contributed by atoms with E-state index in [-0.39, 0.29) is 0 Å². The maximum Gasteiger partial charge on any atom is 0.0235 e. The van der Waals surface area contributed by atoms with Crippen LogP contribution in [0.15, 0.2) is 0 Å². The maximum absolute atomic E-state index is 6.00. The summed E-state index contributed by atoms with van der Waals surface area (Å²) in [4.78, 5) is 5.48. The Bertz CT molecular complexity index is 260. The summed E-state index contributed by atoms with van der Waals surface area (Å²) in [6.45, 7) is 5.12. The van der Waals surface area contributed by atoms with Crippen LogP contribution in [-0.2, 0) is 0 Å². The molecule has 3 heterocycles. The Labute approximate surface area is 115 Å². The molecule has 2 unspecified atom stereocenters. The molecular formula is C14H27N3S. The first-order valence-corrected chi connectivity index (χ1v) is 8.80. The zero-order valence-electron chi connectivity index (χ0n) is 11.4. The second kappa shape index (κ2) is 6.12. The predicted octanol–water partition coefficient (Wildman–Crippen LogP) is 1.38. The van der Waals surface area contributed by atoms with Crippen LogP contribution in [-0.4, -0.2) is 65.6 Å². The molecule has 3 aliphatic heterocycles. The van der Waals surface area contributed by atoms with Crippen molar-refractivity contribution in [1.82, 2.24) is 9.80 Å². The first-order valence-electron chi connectivity index (χ1n) is 7.64. The van der Waals surface area contributed by atoms with Gasteiger partial charge in [0, 0.05) is 37.0 Å². The third kappa shape index (κ3) is 3.03. The van der Waals surface area contributed by atoms with E-state index in [1.807, 2.05) is 0 Å². The number of piperidine rings is 1. The molecule has 3 rings (SSSR count). The molecule has 0 spiro atoms. The number of nitrogens with zero attached hydrogens (tertiary/aromatic N) is 2. The molecule has 18 heavy (non-hydrogen) atoms. The van der Waals surface area contributed by atoms with Gasteiger partial charge in [-0.3, -0.25) is 9.80 Å². The van der Waals surface area contributed by atoms with Crippen molar-refractivity contribution in [3.63, 3.8) is 0 Å². The van der Waals surface area contributed by atoms with Gasteiger partial charge in [0.15, 0.2) is 0 Å². The zero-order valence-corrected chi connectivity index (χ0v) is 12.2. The fraction of sp³-hybridized carbons (Fsp3) is 1.00. The fourth-order valence-corrected chi connectivity index (χ4v) is 4.88. The third-order valence-electron chi connectivity index (χ3n) is 4.94. The summed E-state index contributed by atoms with van der Waals surface area (Å²) in [5, 5.41) is 0. The molecule has 2 atom stereocenters. The van der Waals surface area contributed by atoms with Gasteiger partial charge >= 0.3 is 0 Å². The summed E-state index contributed by atoms with van der Waals surface area (Å²) in [6.07, 6.45) is 6.65. The highest BCUT2D eigenvalue weighted by molar-refractivity contribution is 7.99. The summed E-state index contributed by atoms with van der Waals surface area (Å²) in [6, 6.07) is 2.17. The van der Waals surface area contributed by atoms with Crippen LogP contribution >= 0.6 is 11.8 Å². The van der Waals surface area contributed by atoms with Gasteiger partial charge in [0.2, 0.25) is 0 Å². The van der Waals surface area contributed by atoms with Crippen LogP contribution in [0.5, 0.6) is 0 Å². The molecule has 2 N–H and O–H groups in total. The number of likely N-dealkylation sites (tertiary alicyclic amines) is 2. The molecule has 0 aromatic carbocycles. The van der Waals surface area contributed by atoms with Crippen molar-refractivity contribution in [2.75, 3.05) is 37.7 Å². The summed E-state index contributed by atoms with van der Waals surface area (Å²) in [7, 11) is 0. The summed E-state index contributed by atoms with van der Waals surface area (Å²) in [5.41, 5.74) is 6.00. The summed E-state index contributed by atoms with van der Waals surface area (Å²) < 4.78 is 0. The first-order chi connectivity index (χ1) is 8.83. The average Bonchev–Trinajstić information content (AvgIpc) is 2.90. The van der Waals surface area contributed by atoms with E-state index < -0.39 is 0 Å². The predicted molar refractivity (Wildman–Crippen MR) is 79.1 cm³/mol. The number of nitrogens with two attached hydrogens (primary N) is 1. The lowest BCUT2D eigenvalue weighted by Gasteiger charge is -2.36. The molecule has 0 aliphatic carbocycles. The monoisotopic (exact) mass is 269 g/mol. The lowest BCUT2D eigenvalue weighted by molar-refractivity contribution is 0.144. The van der Waals surface area contributed by atoms with Crippen molar-refractivity contribution in [2.24, 2.45) is 5.73 Å². The van der Waals surface area contributed by atoms with Crippen molar-refractivity contribution in [2.45, 2.75) is 50.2 Å². The largest absolute Gasteiger partial charge is 0.328 e. The van der Waals surface area contributed by atoms with E-state index in [0.717, 1.165) is 12.1 Å². The lowest BCUT2D eigenvalue weighted by atomic mass is 10.0. The van der Waals surface area contributed by atoms with E-state index in [4.69, 9.17) is 5.73 Å². The molecular weight excluding hydrogens is 242 g/mol. The third-order valence-corrected chi connectivity index (χ3v) is 6.14. The van der Waals surface area contributed by atoms with Gasteiger partial charge in [0.05, 0.1) is 0 Å². The number of hydrogen-bond acceptors (Lipinski definition) is 4. The molecule has 0 aromatic heterocycles. The normalized spacial score (nSPS) is 37.2. The molecule has 0 bridgehead atoms. The number of rotatable bonds is 2. The highest BCUT2D eigenvalue weighted by Crippen LogP contribution is 2.27. The van der Waals surface area contributed by atoms with E-state index in [2.05, 4.69) is 21.6 Å². The molecule has 0 amide bonds. The van der Waals surface area contributed by atoms with Crippen LogP contribution < -0.4 is 5.73 Å². The van der Waals surface area contributed by atoms with Crippen LogP contribution in [0.25, 0.3) is 0 Å². The number of hydrogen-bond donors (Lipinski definition) is 1. The van der Waals surface area contributed by atoms with E-state index in [1.165, 1.54) is 69.8 Å². The Morgan fingerprint density at radius 2 is 1.67 bits per heavy atom. The van der Waals surface area contributed by atoms with Crippen LogP contribution in [0, 0.1) is 0 Å². The van der Waals surface area contributed by atoms with E-state index >= 15 is 0 Å². The minimum Gasteiger partial charge on any atom is -0.328 e. The van der Waals surface area contributed by atoms with E-state index in [0.29, 0.717) is 6.04 Å². The second-order valence-electron chi connectivity index (χ2n) is 6.18. The lowest BCUT2D eigenvalue weighted by Crippen LogP contribution is -2.47. The first kappa shape index (κ1) is 13.2. The fourth-order valence-electron chi connectivity index (χ4n) is 3.69. The molecule has 4 heteroatoms. The van der Waals surface area contributed by atoms with Gasteiger partial charge in [0.1, 0.15) is 0 Å². The maximum atomic E-state index is 6.00. The SMILES string of the molecule is NC1CCN(C2CCN(C3CCCSC3)C2)CC1. The van der Waals surface area contributed by atoms with Crippen molar-refractivity contribution in [3.05, 3.63) is 0 Å². The highest BCUT2D eigenvalue weighted by atomic mass is 32.2. The second-order valence-corrected chi connectivity index (χ2v) is 7.33. The van der Waals surface area contributed by atoms with Crippen LogP contribution in [0.2, 0.25) is 0 Å². The molecule has 104 valence electrons. The molecule has 0 saturated carbocycles. The van der Waals surface area contributed by atoms with Crippen molar-refractivity contribution < 1.29 is 0 Å². The molecule has 3 nitrogen and oxygen atoms in total. The molecule has 3 fully saturated rings. The van der Waals surface area contributed by atoms with Gasteiger partial charge in [-0.1, -0.05) is 0 Å². The Hall–Kier alpha value is 0.230. The van der Waals surface area contributed by atoms with Crippen molar-refractivity contribution in [3.8, 4) is 0 Å². The minimum absolute atomic E-state index is 0.466.